The van der Waals surface area contributed by atoms with Crippen molar-refractivity contribution in [1.82, 2.24) is 0 Å². The van der Waals surface area contributed by atoms with Gasteiger partial charge in [0.05, 0.1) is 28.8 Å². The molecular weight excluding hydrogens is 275 g/mol. The lowest BCUT2D eigenvalue weighted by Crippen LogP contribution is -2.21. The van der Waals surface area contributed by atoms with Gasteiger partial charge in [0.2, 0.25) is 0 Å². The monoisotopic (exact) mass is 288 g/mol. The molecule has 3 rings (SSSR count). The van der Waals surface area contributed by atoms with Crippen molar-refractivity contribution < 1.29 is 14.4 Å². The summed E-state index contributed by atoms with van der Waals surface area (Å²) >= 11 is 0. The number of halogens is 1. The highest BCUT2D eigenvalue weighted by Gasteiger charge is 2.31. The van der Waals surface area contributed by atoms with E-state index in [0.29, 0.717) is 6.42 Å². The van der Waals surface area contributed by atoms with Crippen molar-refractivity contribution in [2.45, 2.75) is 18.6 Å². The van der Waals surface area contributed by atoms with E-state index in [9.17, 15) is 19.6 Å². The van der Waals surface area contributed by atoms with Gasteiger partial charge < -0.3 is 10.4 Å². The molecular formula is C15H13FN2O3. The van der Waals surface area contributed by atoms with E-state index in [1.54, 1.807) is 0 Å². The van der Waals surface area contributed by atoms with E-state index in [1.165, 1.54) is 12.1 Å². The molecule has 108 valence electrons. The Kier molecular flexibility index (Phi) is 3.31. The van der Waals surface area contributed by atoms with Crippen molar-refractivity contribution in [1.29, 1.82) is 0 Å². The van der Waals surface area contributed by atoms with Crippen LogP contribution in [-0.4, -0.2) is 16.1 Å². The number of benzene rings is 2. The fourth-order valence-electron chi connectivity index (χ4n) is 2.65. The number of nitro groups is 1. The third kappa shape index (κ3) is 2.45. The first-order chi connectivity index (χ1) is 10.1. The average molecular weight is 288 g/mol. The van der Waals surface area contributed by atoms with E-state index in [-0.39, 0.29) is 11.4 Å². The van der Waals surface area contributed by atoms with E-state index in [4.69, 9.17) is 0 Å². The quantitative estimate of drug-likeness (QED) is 0.672. The molecule has 0 unspecified atom stereocenters. The number of aliphatic hydroxyl groups excluding tert-OH is 1. The van der Waals surface area contributed by atoms with Gasteiger partial charge in [-0.2, -0.15) is 0 Å². The molecule has 1 aliphatic rings. The number of rotatable bonds is 3. The van der Waals surface area contributed by atoms with Crippen LogP contribution in [0.2, 0.25) is 0 Å². The second-order valence-electron chi connectivity index (χ2n) is 5.01. The Morgan fingerprint density at radius 1 is 1.29 bits per heavy atom. The summed E-state index contributed by atoms with van der Waals surface area (Å²) in [4.78, 5) is 9.96. The number of nitrogens with zero attached hydrogens (tertiary/aromatic N) is 1. The number of nitro benzene ring substituents is 1. The Morgan fingerprint density at radius 2 is 2.05 bits per heavy atom. The summed E-state index contributed by atoms with van der Waals surface area (Å²) in [5.74, 6) is -0.708. The van der Waals surface area contributed by atoms with Gasteiger partial charge in [-0.15, -0.1) is 0 Å². The molecule has 0 fully saturated rings. The topological polar surface area (TPSA) is 75.4 Å². The van der Waals surface area contributed by atoms with Crippen LogP contribution < -0.4 is 5.32 Å². The van der Waals surface area contributed by atoms with Crippen molar-refractivity contribution >= 4 is 11.4 Å². The first-order valence-corrected chi connectivity index (χ1v) is 6.52. The molecule has 0 heterocycles. The molecule has 0 aromatic heterocycles. The summed E-state index contributed by atoms with van der Waals surface area (Å²) in [6.45, 7) is 0. The molecule has 0 bridgehead atoms. The Bertz CT molecular complexity index is 705. The number of nitrogens with one attached hydrogen (secondary N) is 1. The van der Waals surface area contributed by atoms with Crippen molar-refractivity contribution in [3.05, 3.63) is 69.5 Å². The highest BCUT2D eigenvalue weighted by molar-refractivity contribution is 5.53. The van der Waals surface area contributed by atoms with Crippen LogP contribution in [0.1, 0.15) is 17.2 Å². The van der Waals surface area contributed by atoms with E-state index < -0.39 is 22.9 Å². The molecule has 0 saturated heterocycles. The second kappa shape index (κ2) is 5.14. The van der Waals surface area contributed by atoms with Crippen molar-refractivity contribution in [2.24, 2.45) is 0 Å². The van der Waals surface area contributed by atoms with Crippen LogP contribution in [0, 0.1) is 15.9 Å². The maximum absolute atomic E-state index is 13.9. The van der Waals surface area contributed by atoms with Gasteiger partial charge in [-0.1, -0.05) is 24.3 Å². The van der Waals surface area contributed by atoms with Crippen molar-refractivity contribution in [2.75, 3.05) is 5.32 Å². The highest BCUT2D eigenvalue weighted by Crippen LogP contribution is 2.35. The normalized spacial score (nSPS) is 20.1. The summed E-state index contributed by atoms with van der Waals surface area (Å²) in [6, 6.07) is 10.6. The number of hydrogen-bond acceptors (Lipinski definition) is 4. The zero-order chi connectivity index (χ0) is 15.0. The van der Waals surface area contributed by atoms with Crippen LogP contribution >= 0.6 is 0 Å². The third-order valence-corrected chi connectivity index (χ3v) is 3.68. The molecule has 6 heteroatoms. The summed E-state index contributed by atoms with van der Waals surface area (Å²) in [5, 5.41) is 23.6. The highest BCUT2D eigenvalue weighted by atomic mass is 19.1. The lowest BCUT2D eigenvalue weighted by atomic mass is 10.1. The van der Waals surface area contributed by atoms with E-state index in [1.807, 2.05) is 24.3 Å². The second-order valence-corrected chi connectivity index (χ2v) is 5.01. The molecule has 0 radical (unpaired) electrons. The van der Waals surface area contributed by atoms with Gasteiger partial charge >= 0.3 is 0 Å². The van der Waals surface area contributed by atoms with Crippen LogP contribution in [-0.2, 0) is 6.42 Å². The smallest absolute Gasteiger partial charge is 0.272 e. The predicted molar refractivity (Wildman–Crippen MR) is 75.6 cm³/mol. The molecule has 2 N–H and O–H groups in total. The third-order valence-electron chi connectivity index (χ3n) is 3.68. The number of anilines is 1. The van der Waals surface area contributed by atoms with Gasteiger partial charge in [0.15, 0.2) is 5.82 Å². The molecule has 2 aromatic rings. The number of aliphatic hydroxyl groups is 1. The van der Waals surface area contributed by atoms with Crippen LogP contribution in [0.15, 0.2) is 42.5 Å². The fraction of sp³-hybridized carbons (Fsp3) is 0.200. The summed E-state index contributed by atoms with van der Waals surface area (Å²) < 4.78 is 13.9. The maximum atomic E-state index is 13.9. The van der Waals surface area contributed by atoms with Crippen LogP contribution in [0.4, 0.5) is 15.8 Å². The average Bonchev–Trinajstić information content (AvgIpc) is 2.77. The Morgan fingerprint density at radius 3 is 2.76 bits per heavy atom. The van der Waals surface area contributed by atoms with Gasteiger partial charge in [0.1, 0.15) is 0 Å². The largest absolute Gasteiger partial charge is 0.390 e. The molecule has 2 atom stereocenters. The van der Waals surface area contributed by atoms with Crippen LogP contribution in [0.3, 0.4) is 0 Å². The minimum atomic E-state index is -0.708. The Balaban J connectivity index is 1.89. The van der Waals surface area contributed by atoms with E-state index in [0.717, 1.165) is 17.2 Å². The van der Waals surface area contributed by atoms with E-state index >= 15 is 0 Å². The molecule has 1 aliphatic carbocycles. The molecule has 5 nitrogen and oxygen atoms in total. The van der Waals surface area contributed by atoms with Crippen LogP contribution in [0.5, 0.6) is 0 Å². The molecule has 2 aromatic carbocycles. The minimum Gasteiger partial charge on any atom is -0.390 e. The van der Waals surface area contributed by atoms with Gasteiger partial charge in [-0.05, 0) is 17.2 Å². The van der Waals surface area contributed by atoms with Gasteiger partial charge in [0.25, 0.3) is 5.69 Å². The Hall–Kier alpha value is -2.47. The minimum absolute atomic E-state index is 0.140. The number of fused-ring (bicyclic) bond motifs is 1. The maximum Gasteiger partial charge on any atom is 0.272 e. The number of hydrogen-bond donors (Lipinski definition) is 2. The molecule has 0 amide bonds. The van der Waals surface area contributed by atoms with E-state index in [2.05, 4.69) is 5.32 Å². The van der Waals surface area contributed by atoms with Gasteiger partial charge in [-0.3, -0.25) is 10.1 Å². The molecule has 0 spiro atoms. The zero-order valence-corrected chi connectivity index (χ0v) is 11.0. The predicted octanol–water partition coefficient (Wildman–Crippen LogP) is 2.80. The molecule has 0 aliphatic heterocycles. The summed E-state index contributed by atoms with van der Waals surface area (Å²) in [7, 11) is 0. The fourth-order valence-corrected chi connectivity index (χ4v) is 2.65. The van der Waals surface area contributed by atoms with Gasteiger partial charge in [0, 0.05) is 12.5 Å². The van der Waals surface area contributed by atoms with Gasteiger partial charge in [-0.25, -0.2) is 4.39 Å². The first-order valence-electron chi connectivity index (χ1n) is 6.52. The SMILES string of the molecule is O=[N+]([O-])c1ccc(N[C@@H]2c3ccccc3C[C@@H]2O)c(F)c1. The summed E-state index contributed by atoms with van der Waals surface area (Å²) in [6.07, 6.45) is -0.153. The summed E-state index contributed by atoms with van der Waals surface area (Å²) in [5.41, 5.74) is 1.78. The van der Waals surface area contributed by atoms with Crippen molar-refractivity contribution in [3.63, 3.8) is 0 Å². The Labute approximate surface area is 120 Å². The molecule has 0 saturated carbocycles. The lowest BCUT2D eigenvalue weighted by Gasteiger charge is -2.19. The lowest BCUT2D eigenvalue weighted by molar-refractivity contribution is -0.385. The first kappa shape index (κ1) is 13.5. The zero-order valence-electron chi connectivity index (χ0n) is 11.0. The van der Waals surface area contributed by atoms with Crippen LogP contribution in [0.25, 0.3) is 0 Å². The van der Waals surface area contributed by atoms with Crippen molar-refractivity contribution in [3.8, 4) is 0 Å². The molecule has 21 heavy (non-hydrogen) atoms. The standard InChI is InChI=1S/C15H13FN2O3/c16-12-8-10(18(20)21)5-6-13(12)17-15-11-4-2-1-3-9(11)7-14(15)19/h1-6,8,14-15,17,19H,7H2/t14-,15+/m0/s1. The number of non-ortho nitro benzene ring substituents is 1.